The molecular weight excluding hydrogens is 314 g/mol. The summed E-state index contributed by atoms with van der Waals surface area (Å²) in [5.41, 5.74) is 2.12. The van der Waals surface area contributed by atoms with Crippen LogP contribution in [0.5, 0.6) is 0 Å². The SMILES string of the molecule is CC(c1cccnc1)N1CCN(CC(=O)NCc2ccccn2)CC1. The van der Waals surface area contributed by atoms with Gasteiger partial charge in [0.2, 0.25) is 5.91 Å². The third kappa shape index (κ3) is 5.08. The number of amides is 1. The standard InChI is InChI=1S/C19H25N5O/c1-16(17-5-4-7-20-13-17)24-11-9-23(10-12-24)15-19(25)22-14-18-6-2-3-8-21-18/h2-8,13,16H,9-12,14-15H2,1H3,(H,22,25). The molecule has 132 valence electrons. The van der Waals surface area contributed by atoms with Crippen LogP contribution in [0.15, 0.2) is 48.9 Å². The van der Waals surface area contributed by atoms with Gasteiger partial charge in [0, 0.05) is 50.8 Å². The molecule has 6 heteroatoms. The van der Waals surface area contributed by atoms with Crippen molar-refractivity contribution in [1.82, 2.24) is 25.1 Å². The average Bonchev–Trinajstić information content (AvgIpc) is 2.68. The molecule has 1 saturated heterocycles. The van der Waals surface area contributed by atoms with Crippen LogP contribution >= 0.6 is 0 Å². The molecule has 1 amide bonds. The second-order valence-corrected chi connectivity index (χ2v) is 6.37. The topological polar surface area (TPSA) is 61.4 Å². The van der Waals surface area contributed by atoms with Crippen molar-refractivity contribution >= 4 is 5.91 Å². The highest BCUT2D eigenvalue weighted by Gasteiger charge is 2.23. The van der Waals surface area contributed by atoms with Crippen LogP contribution in [0.25, 0.3) is 0 Å². The Hall–Kier alpha value is -2.31. The minimum atomic E-state index is 0.0550. The first-order valence-electron chi connectivity index (χ1n) is 8.75. The third-order valence-corrected chi connectivity index (χ3v) is 4.68. The Kier molecular flexibility index (Phi) is 6.09. The predicted molar refractivity (Wildman–Crippen MR) is 96.7 cm³/mol. The molecule has 25 heavy (non-hydrogen) atoms. The molecule has 2 aromatic rings. The lowest BCUT2D eigenvalue weighted by Gasteiger charge is -2.37. The van der Waals surface area contributed by atoms with E-state index in [-0.39, 0.29) is 5.91 Å². The van der Waals surface area contributed by atoms with Gasteiger partial charge >= 0.3 is 0 Å². The highest BCUT2D eigenvalue weighted by molar-refractivity contribution is 5.77. The van der Waals surface area contributed by atoms with Crippen LogP contribution in [-0.4, -0.2) is 58.4 Å². The molecule has 1 unspecified atom stereocenters. The van der Waals surface area contributed by atoms with Crippen LogP contribution in [0.4, 0.5) is 0 Å². The number of hydrogen-bond acceptors (Lipinski definition) is 5. The maximum absolute atomic E-state index is 12.1. The molecule has 3 heterocycles. The molecule has 0 radical (unpaired) electrons. The molecule has 0 aliphatic carbocycles. The number of piperazine rings is 1. The Bertz CT molecular complexity index is 656. The van der Waals surface area contributed by atoms with E-state index < -0.39 is 0 Å². The van der Waals surface area contributed by atoms with Gasteiger partial charge in [-0.1, -0.05) is 12.1 Å². The highest BCUT2D eigenvalue weighted by Crippen LogP contribution is 2.20. The summed E-state index contributed by atoms with van der Waals surface area (Å²) in [5.74, 6) is 0.0550. The fourth-order valence-corrected chi connectivity index (χ4v) is 3.09. The Morgan fingerprint density at radius 1 is 1.16 bits per heavy atom. The molecule has 3 rings (SSSR count). The second-order valence-electron chi connectivity index (χ2n) is 6.37. The van der Waals surface area contributed by atoms with E-state index in [0.717, 1.165) is 31.9 Å². The van der Waals surface area contributed by atoms with Crippen LogP contribution < -0.4 is 5.32 Å². The lowest BCUT2D eigenvalue weighted by atomic mass is 10.1. The van der Waals surface area contributed by atoms with Gasteiger partial charge in [-0.05, 0) is 30.7 Å². The van der Waals surface area contributed by atoms with Crippen molar-refractivity contribution in [2.24, 2.45) is 0 Å². The van der Waals surface area contributed by atoms with E-state index in [1.807, 2.05) is 30.5 Å². The van der Waals surface area contributed by atoms with Crippen LogP contribution in [0.2, 0.25) is 0 Å². The zero-order valence-corrected chi connectivity index (χ0v) is 14.6. The van der Waals surface area contributed by atoms with Crippen LogP contribution in [0.3, 0.4) is 0 Å². The van der Waals surface area contributed by atoms with Gasteiger partial charge in [0.15, 0.2) is 0 Å². The van der Waals surface area contributed by atoms with Gasteiger partial charge in [-0.2, -0.15) is 0 Å². The summed E-state index contributed by atoms with van der Waals surface area (Å²) in [5, 5.41) is 2.94. The van der Waals surface area contributed by atoms with Crippen molar-refractivity contribution in [3.05, 3.63) is 60.2 Å². The Morgan fingerprint density at radius 2 is 2.00 bits per heavy atom. The molecule has 0 saturated carbocycles. The maximum Gasteiger partial charge on any atom is 0.234 e. The van der Waals surface area contributed by atoms with Crippen molar-refractivity contribution < 1.29 is 4.79 Å². The predicted octanol–water partition coefficient (Wildman–Crippen LogP) is 1.47. The van der Waals surface area contributed by atoms with Crippen LogP contribution in [0, 0.1) is 0 Å². The Morgan fingerprint density at radius 3 is 2.68 bits per heavy atom. The molecule has 1 atom stereocenters. The monoisotopic (exact) mass is 339 g/mol. The smallest absolute Gasteiger partial charge is 0.234 e. The number of carbonyl (C=O) groups excluding carboxylic acids is 1. The lowest BCUT2D eigenvalue weighted by Crippen LogP contribution is -2.49. The van der Waals surface area contributed by atoms with E-state index in [2.05, 4.69) is 38.1 Å². The van der Waals surface area contributed by atoms with Gasteiger partial charge in [0.1, 0.15) is 0 Å². The number of nitrogens with zero attached hydrogens (tertiary/aromatic N) is 4. The van der Waals surface area contributed by atoms with Gasteiger partial charge in [-0.3, -0.25) is 24.6 Å². The molecular formula is C19H25N5O. The summed E-state index contributed by atoms with van der Waals surface area (Å²) < 4.78 is 0. The van der Waals surface area contributed by atoms with Crippen molar-refractivity contribution in [2.45, 2.75) is 19.5 Å². The van der Waals surface area contributed by atoms with E-state index >= 15 is 0 Å². The Balaban J connectivity index is 1.41. The summed E-state index contributed by atoms with van der Waals surface area (Å²) in [6.07, 6.45) is 5.48. The first-order chi connectivity index (χ1) is 12.2. The summed E-state index contributed by atoms with van der Waals surface area (Å²) in [4.78, 5) is 25.2. The molecule has 1 aliphatic heterocycles. The molecule has 1 fully saturated rings. The highest BCUT2D eigenvalue weighted by atomic mass is 16.2. The van der Waals surface area contributed by atoms with Gasteiger partial charge in [-0.15, -0.1) is 0 Å². The normalized spacial score (nSPS) is 17.2. The van der Waals surface area contributed by atoms with E-state index in [0.29, 0.717) is 19.1 Å². The number of hydrogen-bond donors (Lipinski definition) is 1. The van der Waals surface area contributed by atoms with Gasteiger partial charge in [-0.25, -0.2) is 0 Å². The quantitative estimate of drug-likeness (QED) is 0.864. The minimum absolute atomic E-state index is 0.0550. The number of pyridine rings is 2. The van der Waals surface area contributed by atoms with Crippen LogP contribution in [-0.2, 0) is 11.3 Å². The first kappa shape index (κ1) is 17.5. The summed E-state index contributed by atoms with van der Waals surface area (Å²) in [6.45, 7) is 6.88. The largest absolute Gasteiger partial charge is 0.349 e. The van der Waals surface area contributed by atoms with Gasteiger partial charge in [0.25, 0.3) is 0 Å². The van der Waals surface area contributed by atoms with Crippen molar-refractivity contribution in [2.75, 3.05) is 32.7 Å². The first-order valence-corrected chi connectivity index (χ1v) is 8.75. The number of nitrogens with one attached hydrogen (secondary N) is 1. The van der Waals surface area contributed by atoms with E-state index in [9.17, 15) is 4.79 Å². The van der Waals surface area contributed by atoms with E-state index in [1.165, 1.54) is 5.56 Å². The zero-order valence-electron chi connectivity index (χ0n) is 14.6. The number of aromatic nitrogens is 2. The summed E-state index contributed by atoms with van der Waals surface area (Å²) in [7, 11) is 0. The molecule has 1 aliphatic rings. The maximum atomic E-state index is 12.1. The third-order valence-electron chi connectivity index (χ3n) is 4.68. The Labute approximate surface area is 148 Å². The fourth-order valence-electron chi connectivity index (χ4n) is 3.09. The molecule has 2 aromatic heterocycles. The van der Waals surface area contributed by atoms with Crippen molar-refractivity contribution in [3.63, 3.8) is 0 Å². The lowest BCUT2D eigenvalue weighted by molar-refractivity contribution is -0.122. The van der Waals surface area contributed by atoms with Crippen LogP contribution in [0.1, 0.15) is 24.2 Å². The van der Waals surface area contributed by atoms with Gasteiger partial charge in [0.05, 0.1) is 18.8 Å². The van der Waals surface area contributed by atoms with E-state index in [1.54, 1.807) is 12.4 Å². The zero-order chi connectivity index (χ0) is 17.5. The van der Waals surface area contributed by atoms with E-state index in [4.69, 9.17) is 0 Å². The number of carbonyl (C=O) groups is 1. The minimum Gasteiger partial charge on any atom is -0.349 e. The van der Waals surface area contributed by atoms with Gasteiger partial charge < -0.3 is 5.32 Å². The molecule has 0 bridgehead atoms. The summed E-state index contributed by atoms with van der Waals surface area (Å²) >= 11 is 0. The molecule has 0 spiro atoms. The van der Waals surface area contributed by atoms with Crippen molar-refractivity contribution in [1.29, 1.82) is 0 Å². The molecule has 1 N–H and O–H groups in total. The van der Waals surface area contributed by atoms with Crippen molar-refractivity contribution in [3.8, 4) is 0 Å². The molecule has 6 nitrogen and oxygen atoms in total. The second kappa shape index (κ2) is 8.69. The fraction of sp³-hybridized carbons (Fsp3) is 0.421. The average molecular weight is 339 g/mol. The summed E-state index contributed by atoms with van der Waals surface area (Å²) in [6, 6.07) is 10.2. The molecule has 0 aromatic carbocycles. The number of rotatable bonds is 6.